The average Bonchev–Trinajstić information content (AvgIpc) is 3.19. The first-order valence-corrected chi connectivity index (χ1v) is 10.8. The number of carbonyl (C=O) groups is 6. The number of H-pyrrole nitrogens is 1. The van der Waals surface area contributed by atoms with E-state index in [1.165, 1.54) is 6.92 Å². The number of benzene rings is 1. The van der Waals surface area contributed by atoms with Gasteiger partial charge in [0, 0.05) is 23.5 Å². The van der Waals surface area contributed by atoms with Crippen molar-refractivity contribution in [2.75, 3.05) is 0 Å². The largest absolute Gasteiger partial charge is 0.481 e. The molecule has 194 valence electrons. The molecule has 0 fully saturated rings. The van der Waals surface area contributed by atoms with Crippen molar-refractivity contribution in [3.8, 4) is 0 Å². The molecule has 4 amide bonds. The lowest BCUT2D eigenvalue weighted by molar-refractivity contribution is -0.143. The number of carboxylic acids is 2. The summed E-state index contributed by atoms with van der Waals surface area (Å²) in [5, 5.41) is 25.7. The first-order chi connectivity index (χ1) is 16.9. The molecule has 1 aromatic heterocycles. The van der Waals surface area contributed by atoms with Crippen LogP contribution in [0.1, 0.15) is 25.3 Å². The zero-order valence-electron chi connectivity index (χ0n) is 19.3. The molecule has 0 aliphatic rings. The second kappa shape index (κ2) is 12.3. The van der Waals surface area contributed by atoms with Gasteiger partial charge in [0.05, 0.1) is 18.9 Å². The van der Waals surface area contributed by atoms with Crippen molar-refractivity contribution in [3.05, 3.63) is 36.0 Å². The summed E-state index contributed by atoms with van der Waals surface area (Å²) < 4.78 is 0. The summed E-state index contributed by atoms with van der Waals surface area (Å²) >= 11 is 0. The molecule has 2 rings (SSSR count). The van der Waals surface area contributed by atoms with Crippen LogP contribution in [0.3, 0.4) is 0 Å². The molecule has 14 heteroatoms. The van der Waals surface area contributed by atoms with Gasteiger partial charge in [0.15, 0.2) is 0 Å². The van der Waals surface area contributed by atoms with Crippen molar-refractivity contribution in [3.63, 3.8) is 0 Å². The monoisotopic (exact) mass is 504 g/mol. The van der Waals surface area contributed by atoms with E-state index in [2.05, 4.69) is 20.9 Å². The van der Waals surface area contributed by atoms with Crippen molar-refractivity contribution in [1.29, 1.82) is 0 Å². The van der Waals surface area contributed by atoms with Crippen LogP contribution in [0.2, 0.25) is 0 Å². The Hall–Kier alpha value is -4.46. The molecule has 0 aliphatic heterocycles. The van der Waals surface area contributed by atoms with E-state index in [4.69, 9.17) is 21.7 Å². The number of carboxylic acid groups (broad SMARTS) is 2. The molecule has 0 saturated carbocycles. The molecule has 0 aliphatic carbocycles. The predicted octanol–water partition coefficient (Wildman–Crippen LogP) is -2.05. The minimum Gasteiger partial charge on any atom is -0.481 e. The van der Waals surface area contributed by atoms with Gasteiger partial charge in [0.1, 0.15) is 18.1 Å². The maximum absolute atomic E-state index is 13.0. The fraction of sp³-hybridized carbons (Fsp3) is 0.364. The number of amides is 4. The zero-order chi connectivity index (χ0) is 27.0. The summed E-state index contributed by atoms with van der Waals surface area (Å²) in [4.78, 5) is 74.2. The van der Waals surface area contributed by atoms with Crippen molar-refractivity contribution < 1.29 is 39.0 Å². The van der Waals surface area contributed by atoms with Gasteiger partial charge in [-0.25, -0.2) is 4.79 Å². The summed E-state index contributed by atoms with van der Waals surface area (Å²) in [6, 6.07) is 1.67. The van der Waals surface area contributed by atoms with Crippen molar-refractivity contribution in [2.24, 2.45) is 11.5 Å². The summed E-state index contributed by atoms with van der Waals surface area (Å²) in [6.45, 7) is 1.27. The maximum atomic E-state index is 13.0. The molecular weight excluding hydrogens is 476 g/mol. The highest BCUT2D eigenvalue weighted by atomic mass is 16.4. The van der Waals surface area contributed by atoms with Gasteiger partial charge in [-0.15, -0.1) is 0 Å². The van der Waals surface area contributed by atoms with Crippen molar-refractivity contribution in [2.45, 2.75) is 50.4 Å². The number of para-hydroxylation sites is 1. The Morgan fingerprint density at radius 3 is 2.17 bits per heavy atom. The Kier molecular flexibility index (Phi) is 9.50. The molecule has 0 radical (unpaired) electrons. The highest BCUT2D eigenvalue weighted by Crippen LogP contribution is 2.19. The van der Waals surface area contributed by atoms with Crippen LogP contribution in [-0.4, -0.2) is 74.9 Å². The SMILES string of the molecule is CC(NC(=O)C(Cc1c[nH]c2ccccc12)NC(=O)C(N)CC(=O)O)C(=O)NC(CC(N)=O)C(=O)O. The smallest absolute Gasteiger partial charge is 0.326 e. The summed E-state index contributed by atoms with van der Waals surface area (Å²) in [5.74, 6) is -6.33. The molecule has 4 atom stereocenters. The number of rotatable bonds is 13. The minimum absolute atomic E-state index is 0.0326. The Morgan fingerprint density at radius 1 is 0.917 bits per heavy atom. The van der Waals surface area contributed by atoms with Gasteiger partial charge in [-0.2, -0.15) is 0 Å². The topological polar surface area (TPSA) is 247 Å². The second-order valence-electron chi connectivity index (χ2n) is 8.13. The molecule has 36 heavy (non-hydrogen) atoms. The van der Waals surface area contributed by atoms with Crippen LogP contribution in [-0.2, 0) is 35.2 Å². The maximum Gasteiger partial charge on any atom is 0.326 e. The van der Waals surface area contributed by atoms with Gasteiger partial charge in [0.2, 0.25) is 23.6 Å². The number of nitrogens with one attached hydrogen (secondary N) is 4. The molecule has 0 saturated heterocycles. The van der Waals surface area contributed by atoms with Crippen molar-refractivity contribution in [1.82, 2.24) is 20.9 Å². The van der Waals surface area contributed by atoms with Gasteiger partial charge < -0.3 is 42.6 Å². The number of carbonyl (C=O) groups excluding carboxylic acids is 4. The van der Waals surface area contributed by atoms with E-state index in [0.717, 1.165) is 10.9 Å². The number of aliphatic carboxylic acids is 2. The van der Waals surface area contributed by atoms with Crippen molar-refractivity contribution >= 4 is 46.5 Å². The molecular formula is C22H28N6O8. The predicted molar refractivity (Wildman–Crippen MR) is 125 cm³/mol. The highest BCUT2D eigenvalue weighted by Gasteiger charge is 2.30. The summed E-state index contributed by atoms with van der Waals surface area (Å²) in [6.07, 6.45) is 0.297. The fourth-order valence-electron chi connectivity index (χ4n) is 3.37. The van der Waals surface area contributed by atoms with Gasteiger partial charge >= 0.3 is 11.9 Å². The first kappa shape index (κ1) is 27.8. The van der Waals surface area contributed by atoms with Crippen LogP contribution in [0.25, 0.3) is 10.9 Å². The second-order valence-corrected chi connectivity index (χ2v) is 8.13. The third-order valence-electron chi connectivity index (χ3n) is 5.24. The zero-order valence-corrected chi connectivity index (χ0v) is 19.3. The number of primary amides is 1. The van der Waals surface area contributed by atoms with Gasteiger partial charge in [-0.05, 0) is 18.6 Å². The van der Waals surface area contributed by atoms with E-state index in [0.29, 0.717) is 5.56 Å². The third-order valence-corrected chi connectivity index (χ3v) is 5.24. The fourth-order valence-corrected chi connectivity index (χ4v) is 3.37. The number of aromatic nitrogens is 1. The molecule has 0 spiro atoms. The molecule has 2 aromatic rings. The molecule has 14 nitrogen and oxygen atoms in total. The molecule has 10 N–H and O–H groups in total. The molecule has 1 aromatic carbocycles. The summed E-state index contributed by atoms with van der Waals surface area (Å²) in [7, 11) is 0. The lowest BCUT2D eigenvalue weighted by atomic mass is 10.0. The number of nitrogens with two attached hydrogens (primary N) is 2. The number of aromatic amines is 1. The summed E-state index contributed by atoms with van der Waals surface area (Å²) in [5.41, 5.74) is 12.0. The van der Waals surface area contributed by atoms with Crippen LogP contribution in [0.15, 0.2) is 30.5 Å². The Labute approximate surface area is 204 Å². The van der Waals surface area contributed by atoms with E-state index in [9.17, 15) is 28.8 Å². The van der Waals surface area contributed by atoms with E-state index >= 15 is 0 Å². The Balaban J connectivity index is 2.19. The average molecular weight is 505 g/mol. The first-order valence-electron chi connectivity index (χ1n) is 10.8. The molecule has 1 heterocycles. The number of fused-ring (bicyclic) bond motifs is 1. The standard InChI is InChI=1S/C22H28N6O8/c1-10(19(32)28-16(22(35)36)8-17(24)29)26-21(34)15(27-20(33)13(23)7-18(30)31)6-11-9-25-14-5-3-2-4-12(11)14/h2-5,9-10,13,15-16,25H,6-8,23H2,1H3,(H2,24,29)(H,26,34)(H,27,33)(H,28,32)(H,30,31)(H,35,36). The lowest BCUT2D eigenvalue weighted by Gasteiger charge is -2.23. The van der Waals surface area contributed by atoms with Gasteiger partial charge in [-0.3, -0.25) is 24.0 Å². The molecule has 0 bridgehead atoms. The van der Waals surface area contributed by atoms with E-state index in [-0.39, 0.29) is 6.42 Å². The van der Waals surface area contributed by atoms with E-state index < -0.39 is 72.6 Å². The lowest BCUT2D eigenvalue weighted by Crippen LogP contribution is -2.57. The van der Waals surface area contributed by atoms with E-state index in [1.807, 2.05) is 12.1 Å². The number of hydrogen-bond acceptors (Lipinski definition) is 7. The minimum atomic E-state index is -1.59. The van der Waals surface area contributed by atoms with Crippen LogP contribution in [0.5, 0.6) is 0 Å². The van der Waals surface area contributed by atoms with E-state index in [1.54, 1.807) is 18.3 Å². The third kappa shape index (κ3) is 7.80. The van der Waals surface area contributed by atoms with Crippen LogP contribution >= 0.6 is 0 Å². The Bertz CT molecular complexity index is 1160. The van der Waals surface area contributed by atoms with Crippen LogP contribution < -0.4 is 27.4 Å². The normalized spacial score (nSPS) is 14.2. The number of hydrogen-bond donors (Lipinski definition) is 8. The highest BCUT2D eigenvalue weighted by molar-refractivity contribution is 5.95. The van der Waals surface area contributed by atoms with Crippen LogP contribution in [0.4, 0.5) is 0 Å². The molecule has 4 unspecified atom stereocenters. The quantitative estimate of drug-likeness (QED) is 0.149. The van der Waals surface area contributed by atoms with Gasteiger partial charge in [0.25, 0.3) is 0 Å². The van der Waals surface area contributed by atoms with Gasteiger partial charge in [-0.1, -0.05) is 18.2 Å². The van der Waals surface area contributed by atoms with Crippen LogP contribution in [0, 0.1) is 0 Å². The Morgan fingerprint density at radius 2 is 1.56 bits per heavy atom.